The van der Waals surface area contributed by atoms with Crippen LogP contribution in [0.15, 0.2) is 23.3 Å². The van der Waals surface area contributed by atoms with Crippen molar-refractivity contribution in [2.75, 3.05) is 13.2 Å². The number of carbonyl (C=O) groups excluding carboxylic acids is 2. The molecule has 4 nitrogen and oxygen atoms in total. The third kappa shape index (κ3) is 8.33. The van der Waals surface area contributed by atoms with Crippen LogP contribution in [0.3, 0.4) is 0 Å². The minimum atomic E-state index is -0.350. The largest absolute Gasteiger partial charge is 0.466 e. The number of carbonyl (C=O) groups is 2. The zero-order valence-corrected chi connectivity index (χ0v) is 14.1. The van der Waals surface area contributed by atoms with Gasteiger partial charge in [0.05, 0.1) is 13.2 Å². The molecule has 0 atom stereocenters. The summed E-state index contributed by atoms with van der Waals surface area (Å²) in [5.74, 6) is -0.545. The molecule has 0 unspecified atom stereocenters. The predicted molar refractivity (Wildman–Crippen MR) is 83.8 cm³/mol. The molecular weight excluding hydrogens is 268 g/mol. The van der Waals surface area contributed by atoms with Gasteiger partial charge in [-0.15, -0.1) is 0 Å². The molecule has 0 aromatic rings. The van der Waals surface area contributed by atoms with Crippen LogP contribution >= 0.6 is 0 Å². The molecule has 0 spiro atoms. The van der Waals surface area contributed by atoms with Crippen LogP contribution in [0, 0.1) is 5.41 Å². The van der Waals surface area contributed by atoms with Crippen molar-refractivity contribution in [2.24, 2.45) is 5.41 Å². The first-order valence-corrected chi connectivity index (χ1v) is 7.43. The minimum Gasteiger partial charge on any atom is -0.466 e. The molecule has 0 saturated carbocycles. The van der Waals surface area contributed by atoms with Gasteiger partial charge in [0, 0.05) is 12.5 Å². The second-order valence-electron chi connectivity index (χ2n) is 5.83. The highest BCUT2D eigenvalue weighted by molar-refractivity contribution is 5.82. The Balaban J connectivity index is 4.99. The van der Waals surface area contributed by atoms with Gasteiger partial charge in [0.1, 0.15) is 0 Å². The van der Waals surface area contributed by atoms with Gasteiger partial charge in [-0.05, 0) is 38.2 Å². The van der Waals surface area contributed by atoms with Crippen LogP contribution in [0.4, 0.5) is 0 Å². The van der Waals surface area contributed by atoms with E-state index in [1.165, 1.54) is 6.08 Å². The van der Waals surface area contributed by atoms with Crippen molar-refractivity contribution in [1.82, 2.24) is 0 Å². The highest BCUT2D eigenvalue weighted by Gasteiger charge is 2.18. The van der Waals surface area contributed by atoms with Gasteiger partial charge >= 0.3 is 11.9 Å². The third-order valence-corrected chi connectivity index (χ3v) is 2.95. The molecule has 0 aliphatic rings. The van der Waals surface area contributed by atoms with E-state index in [-0.39, 0.29) is 17.4 Å². The number of rotatable bonds is 7. The molecule has 0 amide bonds. The van der Waals surface area contributed by atoms with E-state index in [4.69, 9.17) is 9.47 Å². The highest BCUT2D eigenvalue weighted by atomic mass is 16.5. The lowest BCUT2D eigenvalue weighted by Crippen LogP contribution is -2.12. The Hall–Kier alpha value is -1.58. The molecule has 0 radical (unpaired) electrons. The molecule has 4 heteroatoms. The number of esters is 2. The maximum absolute atomic E-state index is 11.4. The number of hydrogen-bond donors (Lipinski definition) is 0. The average molecular weight is 296 g/mol. The summed E-state index contributed by atoms with van der Waals surface area (Å²) in [7, 11) is 0. The van der Waals surface area contributed by atoms with Crippen LogP contribution in [0.25, 0.3) is 0 Å². The molecule has 0 aromatic heterocycles. The lowest BCUT2D eigenvalue weighted by atomic mass is 9.82. The summed E-state index contributed by atoms with van der Waals surface area (Å²) in [6.07, 6.45) is 4.21. The Labute approximate surface area is 128 Å². The fraction of sp³-hybridized carbons (Fsp3) is 0.647. The molecular formula is C17H28O4. The van der Waals surface area contributed by atoms with Gasteiger partial charge in [-0.2, -0.15) is 0 Å². The van der Waals surface area contributed by atoms with Crippen molar-refractivity contribution in [1.29, 1.82) is 0 Å². The van der Waals surface area contributed by atoms with Crippen LogP contribution in [-0.4, -0.2) is 25.2 Å². The lowest BCUT2D eigenvalue weighted by molar-refractivity contribution is -0.143. The number of ether oxygens (including phenoxy) is 2. The van der Waals surface area contributed by atoms with Crippen molar-refractivity contribution in [2.45, 2.75) is 54.4 Å². The molecule has 0 rings (SSSR count). The zero-order chi connectivity index (χ0) is 16.5. The summed E-state index contributed by atoms with van der Waals surface area (Å²) >= 11 is 0. The van der Waals surface area contributed by atoms with E-state index in [0.717, 1.165) is 11.1 Å². The van der Waals surface area contributed by atoms with Gasteiger partial charge < -0.3 is 9.47 Å². The normalized spacial score (nSPS) is 13.0. The standard InChI is InChI=1S/C17H28O4/c1-7-20-15(18)11-9-13(3)14(17(4,5)6)10-12-16(19)21-8-2/h10,12H,7-9,11H2,1-6H3/b12-10+,14-13+. The van der Waals surface area contributed by atoms with Crippen LogP contribution in [-0.2, 0) is 19.1 Å². The monoisotopic (exact) mass is 296 g/mol. The summed E-state index contributed by atoms with van der Waals surface area (Å²) < 4.78 is 9.83. The van der Waals surface area contributed by atoms with Crippen LogP contribution < -0.4 is 0 Å². The van der Waals surface area contributed by atoms with Crippen molar-refractivity contribution in [3.05, 3.63) is 23.3 Å². The lowest BCUT2D eigenvalue weighted by Gasteiger charge is -2.23. The highest BCUT2D eigenvalue weighted by Crippen LogP contribution is 2.30. The Morgan fingerprint density at radius 2 is 1.52 bits per heavy atom. The maximum Gasteiger partial charge on any atom is 0.330 e. The first kappa shape index (κ1) is 19.4. The van der Waals surface area contributed by atoms with Crippen molar-refractivity contribution in [3.8, 4) is 0 Å². The van der Waals surface area contributed by atoms with E-state index < -0.39 is 0 Å². The minimum absolute atomic E-state index is 0.109. The van der Waals surface area contributed by atoms with Gasteiger partial charge in [0.2, 0.25) is 0 Å². The van der Waals surface area contributed by atoms with Crippen LogP contribution in [0.2, 0.25) is 0 Å². The molecule has 0 bridgehead atoms. The van der Waals surface area contributed by atoms with Gasteiger partial charge in [-0.1, -0.05) is 32.4 Å². The molecule has 0 saturated heterocycles. The smallest absolute Gasteiger partial charge is 0.330 e. The molecule has 0 aromatic carbocycles. The molecule has 0 heterocycles. The average Bonchev–Trinajstić information content (AvgIpc) is 2.35. The van der Waals surface area contributed by atoms with E-state index in [1.54, 1.807) is 19.9 Å². The van der Waals surface area contributed by atoms with Gasteiger partial charge in [-0.3, -0.25) is 4.79 Å². The first-order valence-electron chi connectivity index (χ1n) is 7.43. The number of hydrogen-bond acceptors (Lipinski definition) is 4. The quantitative estimate of drug-likeness (QED) is 0.407. The van der Waals surface area contributed by atoms with E-state index in [1.807, 2.05) is 6.92 Å². The predicted octanol–water partition coefficient (Wildman–Crippen LogP) is 3.81. The molecule has 0 aliphatic carbocycles. The summed E-state index contributed by atoms with van der Waals surface area (Å²) in [6, 6.07) is 0. The fourth-order valence-corrected chi connectivity index (χ4v) is 2.03. The third-order valence-electron chi connectivity index (χ3n) is 2.95. The van der Waals surface area contributed by atoms with Crippen molar-refractivity contribution in [3.63, 3.8) is 0 Å². The molecule has 0 N–H and O–H groups in total. The Kier molecular flexibility index (Phi) is 8.67. The molecule has 21 heavy (non-hydrogen) atoms. The van der Waals surface area contributed by atoms with Crippen molar-refractivity contribution >= 4 is 11.9 Å². The summed E-state index contributed by atoms with van der Waals surface area (Å²) in [5, 5.41) is 0. The van der Waals surface area contributed by atoms with E-state index >= 15 is 0 Å². The van der Waals surface area contributed by atoms with Crippen LogP contribution in [0.1, 0.15) is 54.4 Å². The van der Waals surface area contributed by atoms with Gasteiger partial charge in [0.25, 0.3) is 0 Å². The second kappa shape index (κ2) is 9.37. The Morgan fingerprint density at radius 3 is 2.00 bits per heavy atom. The molecule has 120 valence electrons. The molecule has 0 aliphatic heterocycles. The summed E-state index contributed by atoms with van der Waals surface area (Å²) in [6.45, 7) is 12.5. The van der Waals surface area contributed by atoms with Crippen molar-refractivity contribution < 1.29 is 19.1 Å². The topological polar surface area (TPSA) is 52.6 Å². The van der Waals surface area contributed by atoms with Gasteiger partial charge in [0.15, 0.2) is 0 Å². The maximum atomic E-state index is 11.4. The molecule has 0 fully saturated rings. The first-order chi connectivity index (χ1) is 9.72. The SMILES string of the molecule is CCOC(=O)/C=C/C(=C(/C)CCC(=O)OCC)C(C)(C)C. The second-order valence-corrected chi connectivity index (χ2v) is 5.83. The Bertz CT molecular complexity index is 411. The Morgan fingerprint density at radius 1 is 0.952 bits per heavy atom. The fourth-order valence-electron chi connectivity index (χ4n) is 2.03. The van der Waals surface area contributed by atoms with E-state index in [9.17, 15) is 9.59 Å². The van der Waals surface area contributed by atoms with E-state index in [0.29, 0.717) is 26.1 Å². The summed E-state index contributed by atoms with van der Waals surface area (Å²) in [5.41, 5.74) is 2.01. The summed E-state index contributed by atoms with van der Waals surface area (Å²) in [4.78, 5) is 22.9. The zero-order valence-electron chi connectivity index (χ0n) is 14.1. The number of allylic oxidation sites excluding steroid dienone is 3. The van der Waals surface area contributed by atoms with Crippen LogP contribution in [0.5, 0.6) is 0 Å². The van der Waals surface area contributed by atoms with Gasteiger partial charge in [-0.25, -0.2) is 4.79 Å². The van der Waals surface area contributed by atoms with E-state index in [2.05, 4.69) is 20.8 Å².